The van der Waals surface area contributed by atoms with Gasteiger partial charge in [0.15, 0.2) is 5.76 Å². The van der Waals surface area contributed by atoms with Crippen LogP contribution >= 0.6 is 0 Å². The molecule has 4 rings (SSSR count). The molecule has 11 radical (unpaired) electrons. The van der Waals surface area contributed by atoms with Crippen molar-refractivity contribution in [2.45, 2.75) is 13.5 Å². The van der Waals surface area contributed by atoms with Gasteiger partial charge in [-0.25, -0.2) is 0 Å². The fraction of sp³-hybridized carbons (Fsp3) is 0.0909. The summed E-state index contributed by atoms with van der Waals surface area (Å²) in [7, 11) is 0. The van der Waals surface area contributed by atoms with Gasteiger partial charge in [0.2, 0.25) is 5.91 Å². The van der Waals surface area contributed by atoms with Crippen LogP contribution in [0.5, 0.6) is 0 Å². The number of carbonyl (C=O) groups excluding carboxylic acids is 1. The number of nitrogens with zero attached hydrogens (tertiary/aromatic N) is 1. The van der Waals surface area contributed by atoms with E-state index in [9.17, 15) is 4.79 Å². The number of rotatable bonds is 4. The summed E-state index contributed by atoms with van der Waals surface area (Å²) in [5.41, 5.74) is 2.95. The second kappa shape index (κ2) is 11.3. The van der Waals surface area contributed by atoms with Gasteiger partial charge in [0.1, 0.15) is 5.69 Å². The maximum absolute atomic E-state index is 11.8. The molecule has 0 aliphatic heterocycles. The second-order valence-electron chi connectivity index (χ2n) is 5.87. The Morgan fingerprint density at radius 1 is 1.00 bits per heavy atom. The Labute approximate surface area is 172 Å². The Morgan fingerprint density at radius 3 is 2.30 bits per heavy atom. The van der Waals surface area contributed by atoms with Crippen molar-refractivity contribution in [1.82, 2.24) is 10.5 Å². The van der Waals surface area contributed by atoms with Crippen molar-refractivity contribution in [3.63, 3.8) is 0 Å². The molecule has 2 fully saturated rings. The van der Waals surface area contributed by atoms with E-state index in [0.717, 1.165) is 11.3 Å². The molecule has 1 aromatic heterocycles. The van der Waals surface area contributed by atoms with Crippen LogP contribution in [0.15, 0.2) is 34.9 Å². The Balaban J connectivity index is 0.000000379. The Morgan fingerprint density at radius 2 is 1.67 bits per heavy atom. The van der Waals surface area contributed by atoms with E-state index in [0.29, 0.717) is 18.2 Å². The smallest absolute Gasteiger partial charge is 0.359 e. The molecule has 0 bridgehead atoms. The Hall–Kier alpha value is -1.58. The summed E-state index contributed by atoms with van der Waals surface area (Å²) in [6.45, 7) is 2.35. The van der Waals surface area contributed by atoms with E-state index in [1.165, 1.54) is 5.56 Å². The third-order valence-corrected chi connectivity index (χ3v) is 3.78. The van der Waals surface area contributed by atoms with Crippen LogP contribution in [0, 0.1) is 70.6 Å². The van der Waals surface area contributed by atoms with Crippen molar-refractivity contribution < 1.29 is 26.4 Å². The predicted octanol–water partition coefficient (Wildman–Crippen LogP) is 3.69. The summed E-state index contributed by atoms with van der Waals surface area (Å²) < 4.78 is 5.26. The van der Waals surface area contributed by atoms with Gasteiger partial charge in [0.25, 0.3) is 0 Å². The van der Waals surface area contributed by atoms with Gasteiger partial charge in [-0.15, -0.1) is 0 Å². The molecule has 2 saturated carbocycles. The minimum Gasteiger partial charge on any atom is -0.359 e. The van der Waals surface area contributed by atoms with Crippen molar-refractivity contribution >= 4 is 5.91 Å². The van der Waals surface area contributed by atoms with Crippen molar-refractivity contribution in [3.8, 4) is 11.3 Å². The monoisotopic (exact) mass is 400 g/mol. The molecule has 1 aromatic carbocycles. The van der Waals surface area contributed by atoms with Crippen LogP contribution < -0.4 is 5.32 Å². The van der Waals surface area contributed by atoms with Gasteiger partial charge in [-0.1, -0.05) is 28.9 Å². The minimum atomic E-state index is -0.117. The number of hydrogen-bond acceptors (Lipinski definition) is 3. The van der Waals surface area contributed by atoms with Crippen molar-refractivity contribution in [2.75, 3.05) is 0 Å². The van der Waals surface area contributed by atoms with Gasteiger partial charge >= 0.3 is 17.1 Å². The summed E-state index contributed by atoms with van der Waals surface area (Å²) in [5, 5.41) is 6.85. The molecule has 2 aromatic rings. The largest absolute Gasteiger partial charge is 3.00 e. The average molecular weight is 400 g/mol. The molecule has 1 amide bonds. The standard InChI is InChI=1S/C17H15N2O2.C5H5.Fe/c1-12-5-4-8-14(9-12)16-10-15(21-19-16)11-18-17(20)13-6-2-3-7-13;1-2-4-5-3-1;/h2-10H,11H2,1H3,(H,18,20);1-5H;/q;;+3. The molecule has 0 spiro atoms. The van der Waals surface area contributed by atoms with Crippen molar-refractivity contribution in [3.05, 3.63) is 105 Å². The Kier molecular flexibility index (Phi) is 9.09. The molecule has 0 saturated heterocycles. The van der Waals surface area contributed by atoms with E-state index in [1.54, 1.807) is 12.8 Å². The van der Waals surface area contributed by atoms with Gasteiger partial charge in [-0.3, -0.25) is 4.79 Å². The molecule has 1 N–H and O–H groups in total. The molecule has 4 nitrogen and oxygen atoms in total. The third kappa shape index (κ3) is 6.82. The average Bonchev–Trinajstić information content (AvgIpc) is 3.44. The molecule has 27 heavy (non-hydrogen) atoms. The first-order valence-corrected chi connectivity index (χ1v) is 8.41. The fourth-order valence-corrected chi connectivity index (χ4v) is 2.45. The van der Waals surface area contributed by atoms with Gasteiger partial charge in [0.05, 0.1) is 12.5 Å². The van der Waals surface area contributed by atoms with Crippen LogP contribution in [0.1, 0.15) is 11.3 Å². The zero-order chi connectivity index (χ0) is 18.2. The summed E-state index contributed by atoms with van der Waals surface area (Å²) in [5.74, 6) is 1.16. The number of carbonyl (C=O) groups is 1. The summed E-state index contributed by atoms with van der Waals surface area (Å²) in [6.07, 6.45) is 17.2. The molecular formula is C22H20FeN2O2+3. The first-order valence-electron chi connectivity index (χ1n) is 8.41. The van der Waals surface area contributed by atoms with Crippen LogP contribution in [-0.4, -0.2) is 11.1 Å². The summed E-state index contributed by atoms with van der Waals surface area (Å²) >= 11 is 0. The molecule has 5 heteroatoms. The number of nitrogens with one attached hydrogen (secondary N) is 1. The van der Waals surface area contributed by atoms with Crippen LogP contribution in [0.2, 0.25) is 0 Å². The zero-order valence-electron chi connectivity index (χ0n) is 14.9. The topological polar surface area (TPSA) is 55.1 Å². The minimum absolute atomic E-state index is 0. The van der Waals surface area contributed by atoms with Gasteiger partial charge < -0.3 is 9.84 Å². The molecule has 0 unspecified atom stereocenters. The quantitative estimate of drug-likeness (QED) is 0.797. The number of amides is 1. The van der Waals surface area contributed by atoms with E-state index in [2.05, 4.69) is 10.5 Å². The first-order chi connectivity index (χ1) is 12.7. The summed E-state index contributed by atoms with van der Waals surface area (Å²) in [4.78, 5) is 11.8. The predicted molar refractivity (Wildman–Crippen MR) is 100 cm³/mol. The van der Waals surface area contributed by atoms with E-state index < -0.39 is 0 Å². The summed E-state index contributed by atoms with van der Waals surface area (Å²) in [6, 6.07) is 9.89. The SMILES string of the molecule is Cc1cccc(-c2cc(CNC(=O)[C]3[CH][CH][CH][CH]3)on2)c1.[CH]1[CH][CH][CH][CH]1.[Fe+3]. The Bertz CT molecular complexity index is 696. The number of benzene rings is 1. The molecule has 135 valence electrons. The normalized spacial score (nSPS) is 16.3. The third-order valence-electron chi connectivity index (χ3n) is 3.78. The van der Waals surface area contributed by atoms with Crippen LogP contribution in [0.3, 0.4) is 0 Å². The van der Waals surface area contributed by atoms with Crippen LogP contribution in [0.4, 0.5) is 0 Å². The van der Waals surface area contributed by atoms with Gasteiger partial charge in [0, 0.05) is 11.6 Å². The van der Waals surface area contributed by atoms with E-state index in [-0.39, 0.29) is 23.0 Å². The van der Waals surface area contributed by atoms with E-state index >= 15 is 0 Å². The number of hydrogen-bond donors (Lipinski definition) is 1. The van der Waals surface area contributed by atoms with Crippen LogP contribution in [-0.2, 0) is 28.4 Å². The molecule has 0 atom stereocenters. The zero-order valence-corrected chi connectivity index (χ0v) is 16.0. The number of aromatic nitrogens is 1. The van der Waals surface area contributed by atoms with Crippen molar-refractivity contribution in [1.29, 1.82) is 0 Å². The van der Waals surface area contributed by atoms with Gasteiger partial charge in [-0.2, -0.15) is 0 Å². The maximum Gasteiger partial charge on any atom is 3.00 e. The fourth-order valence-electron chi connectivity index (χ4n) is 2.45. The molecule has 1 heterocycles. The first kappa shape index (κ1) is 21.7. The maximum atomic E-state index is 11.8. The number of aryl methyl sites for hydroxylation is 1. The van der Waals surface area contributed by atoms with E-state index in [4.69, 9.17) is 4.52 Å². The molecule has 2 aliphatic rings. The van der Waals surface area contributed by atoms with Gasteiger partial charge in [-0.05, 0) is 70.8 Å². The second-order valence-corrected chi connectivity index (χ2v) is 5.87. The van der Waals surface area contributed by atoms with E-state index in [1.807, 2.05) is 82.2 Å². The van der Waals surface area contributed by atoms with Crippen molar-refractivity contribution in [2.24, 2.45) is 0 Å². The molecular weight excluding hydrogens is 380 g/mol. The van der Waals surface area contributed by atoms with Crippen LogP contribution in [0.25, 0.3) is 11.3 Å². The molecule has 2 aliphatic carbocycles.